The molecular formula is C26H38N2O. The van der Waals surface area contributed by atoms with Crippen LogP contribution in [0.1, 0.15) is 90.0 Å². The molecule has 2 rings (SSSR count). The molecule has 2 aromatic rings. The Hall–Kier alpha value is -2.16. The number of allylic oxidation sites excluding steroid dienone is 1. The molecule has 0 radical (unpaired) electrons. The molecule has 1 heterocycles. The van der Waals surface area contributed by atoms with Crippen LogP contribution in [0.5, 0.6) is 5.75 Å². The van der Waals surface area contributed by atoms with Crippen LogP contribution in [0.3, 0.4) is 0 Å². The van der Waals surface area contributed by atoms with E-state index >= 15 is 0 Å². The molecule has 0 N–H and O–H groups in total. The van der Waals surface area contributed by atoms with E-state index in [-0.39, 0.29) is 0 Å². The number of rotatable bonds is 15. The fourth-order valence-corrected chi connectivity index (χ4v) is 3.31. The lowest BCUT2D eigenvalue weighted by atomic mass is 10.1. The van der Waals surface area contributed by atoms with Crippen LogP contribution in [0.25, 0.3) is 11.4 Å². The molecule has 1 aromatic heterocycles. The zero-order valence-corrected chi connectivity index (χ0v) is 18.4. The molecule has 158 valence electrons. The monoisotopic (exact) mass is 394 g/mol. The van der Waals surface area contributed by atoms with E-state index in [1.165, 1.54) is 69.8 Å². The summed E-state index contributed by atoms with van der Waals surface area (Å²) < 4.78 is 5.68. The molecule has 0 aliphatic heterocycles. The van der Waals surface area contributed by atoms with Gasteiger partial charge in [-0.3, -0.25) is 0 Å². The van der Waals surface area contributed by atoms with Crippen molar-refractivity contribution < 1.29 is 4.74 Å². The van der Waals surface area contributed by atoms with Crippen molar-refractivity contribution in [2.45, 2.75) is 90.9 Å². The number of hydrogen-bond acceptors (Lipinski definition) is 3. The smallest absolute Gasteiger partial charge is 0.159 e. The Kier molecular flexibility index (Phi) is 11.8. The molecule has 1 aromatic carbocycles. The van der Waals surface area contributed by atoms with Gasteiger partial charge in [-0.1, -0.05) is 65.2 Å². The van der Waals surface area contributed by atoms with Crippen molar-refractivity contribution in [2.75, 3.05) is 0 Å². The summed E-state index contributed by atoms with van der Waals surface area (Å²) in [7, 11) is 0. The van der Waals surface area contributed by atoms with Gasteiger partial charge in [-0.15, -0.1) is 0 Å². The third kappa shape index (κ3) is 9.74. The second-order valence-electron chi connectivity index (χ2n) is 7.80. The quantitative estimate of drug-likeness (QED) is 0.227. The molecule has 0 atom stereocenters. The highest BCUT2D eigenvalue weighted by Gasteiger charge is 2.02. The normalized spacial score (nSPS) is 11.2. The zero-order chi connectivity index (χ0) is 20.6. The van der Waals surface area contributed by atoms with E-state index in [2.05, 4.69) is 29.9 Å². The van der Waals surface area contributed by atoms with Crippen molar-refractivity contribution in [3.05, 3.63) is 54.6 Å². The first-order valence-corrected chi connectivity index (χ1v) is 11.6. The van der Waals surface area contributed by atoms with Gasteiger partial charge in [0, 0.05) is 18.0 Å². The topological polar surface area (TPSA) is 35.0 Å². The lowest BCUT2D eigenvalue weighted by Gasteiger charge is -2.05. The molecule has 3 nitrogen and oxygen atoms in total. The van der Waals surface area contributed by atoms with Gasteiger partial charge in [-0.05, 0) is 61.6 Å². The summed E-state index contributed by atoms with van der Waals surface area (Å²) in [4.78, 5) is 9.10. The summed E-state index contributed by atoms with van der Waals surface area (Å²) in [5.41, 5.74) is 2.25. The number of aromatic nitrogens is 2. The van der Waals surface area contributed by atoms with Gasteiger partial charge in [0.2, 0.25) is 0 Å². The molecule has 0 aliphatic rings. The van der Waals surface area contributed by atoms with Gasteiger partial charge in [0.05, 0.1) is 6.26 Å². The van der Waals surface area contributed by atoms with Gasteiger partial charge >= 0.3 is 0 Å². The van der Waals surface area contributed by atoms with E-state index in [1.54, 1.807) is 6.26 Å². The van der Waals surface area contributed by atoms with Crippen LogP contribution in [0.2, 0.25) is 0 Å². The number of hydrogen-bond donors (Lipinski definition) is 0. The van der Waals surface area contributed by atoms with E-state index in [1.807, 2.05) is 36.7 Å². The van der Waals surface area contributed by atoms with E-state index in [0.29, 0.717) is 0 Å². The SMILES string of the molecule is CCCCCC/C=C\Oc1ccc(-c2ncc(CCCCCCCC)cn2)cc1. The molecule has 29 heavy (non-hydrogen) atoms. The molecule has 0 saturated heterocycles. The van der Waals surface area contributed by atoms with Crippen molar-refractivity contribution in [1.82, 2.24) is 9.97 Å². The van der Waals surface area contributed by atoms with E-state index in [0.717, 1.165) is 30.0 Å². The summed E-state index contributed by atoms with van der Waals surface area (Å²) in [6.07, 6.45) is 23.0. The summed E-state index contributed by atoms with van der Waals surface area (Å²) in [6.45, 7) is 4.49. The van der Waals surface area contributed by atoms with Gasteiger partial charge in [0.25, 0.3) is 0 Å². The lowest BCUT2D eigenvalue weighted by Crippen LogP contribution is -1.93. The second-order valence-corrected chi connectivity index (χ2v) is 7.80. The molecular weight excluding hydrogens is 356 g/mol. The molecule has 0 unspecified atom stereocenters. The van der Waals surface area contributed by atoms with Crippen LogP contribution in [-0.2, 0) is 6.42 Å². The average molecular weight is 395 g/mol. The third-order valence-corrected chi connectivity index (χ3v) is 5.16. The zero-order valence-electron chi connectivity index (χ0n) is 18.4. The minimum atomic E-state index is 0.773. The van der Waals surface area contributed by atoms with Crippen LogP contribution in [0, 0.1) is 0 Å². The van der Waals surface area contributed by atoms with E-state index < -0.39 is 0 Å². The van der Waals surface area contributed by atoms with Crippen LogP contribution >= 0.6 is 0 Å². The first-order valence-electron chi connectivity index (χ1n) is 11.6. The van der Waals surface area contributed by atoms with Crippen molar-refractivity contribution in [2.24, 2.45) is 0 Å². The Bertz CT molecular complexity index is 677. The number of aryl methyl sites for hydroxylation is 1. The largest absolute Gasteiger partial charge is 0.465 e. The lowest BCUT2D eigenvalue weighted by molar-refractivity contribution is 0.477. The first-order chi connectivity index (χ1) is 14.3. The predicted molar refractivity (Wildman–Crippen MR) is 123 cm³/mol. The Morgan fingerprint density at radius 1 is 0.759 bits per heavy atom. The van der Waals surface area contributed by atoms with Crippen molar-refractivity contribution in [3.63, 3.8) is 0 Å². The third-order valence-electron chi connectivity index (χ3n) is 5.16. The molecule has 0 bridgehead atoms. The minimum Gasteiger partial charge on any atom is -0.465 e. The average Bonchev–Trinajstić information content (AvgIpc) is 2.76. The number of ether oxygens (including phenoxy) is 1. The summed E-state index contributed by atoms with van der Waals surface area (Å²) in [6, 6.07) is 8.00. The Balaban J connectivity index is 1.72. The molecule has 0 fully saturated rings. The van der Waals surface area contributed by atoms with Crippen molar-refractivity contribution >= 4 is 0 Å². The maximum absolute atomic E-state index is 5.68. The predicted octanol–water partition coefficient (Wildman–Crippen LogP) is 7.91. The molecule has 3 heteroatoms. The highest BCUT2D eigenvalue weighted by Crippen LogP contribution is 2.20. The van der Waals surface area contributed by atoms with Crippen LogP contribution < -0.4 is 4.74 Å². The first kappa shape index (κ1) is 23.1. The molecule has 0 aliphatic carbocycles. The van der Waals surface area contributed by atoms with Crippen molar-refractivity contribution in [1.29, 1.82) is 0 Å². The van der Waals surface area contributed by atoms with Crippen LogP contribution in [0.15, 0.2) is 49.0 Å². The Labute approximate surface area is 177 Å². The number of unbranched alkanes of at least 4 members (excludes halogenated alkanes) is 9. The fourth-order valence-electron chi connectivity index (χ4n) is 3.31. The van der Waals surface area contributed by atoms with Gasteiger partial charge in [-0.2, -0.15) is 0 Å². The van der Waals surface area contributed by atoms with Gasteiger partial charge in [-0.25, -0.2) is 9.97 Å². The highest BCUT2D eigenvalue weighted by molar-refractivity contribution is 5.55. The van der Waals surface area contributed by atoms with Gasteiger partial charge in [0.1, 0.15) is 5.75 Å². The van der Waals surface area contributed by atoms with Gasteiger partial charge < -0.3 is 4.74 Å². The summed E-state index contributed by atoms with van der Waals surface area (Å²) in [5.74, 6) is 1.62. The minimum absolute atomic E-state index is 0.773. The van der Waals surface area contributed by atoms with Crippen molar-refractivity contribution in [3.8, 4) is 17.1 Å². The van der Waals surface area contributed by atoms with Gasteiger partial charge in [0.15, 0.2) is 5.82 Å². The summed E-state index contributed by atoms with van der Waals surface area (Å²) in [5, 5.41) is 0. The Morgan fingerprint density at radius 2 is 1.38 bits per heavy atom. The maximum Gasteiger partial charge on any atom is 0.159 e. The highest BCUT2D eigenvalue weighted by atomic mass is 16.5. The maximum atomic E-state index is 5.68. The molecule has 0 spiro atoms. The number of benzene rings is 1. The second kappa shape index (κ2) is 14.8. The summed E-state index contributed by atoms with van der Waals surface area (Å²) >= 11 is 0. The van der Waals surface area contributed by atoms with Crippen LogP contribution in [-0.4, -0.2) is 9.97 Å². The van der Waals surface area contributed by atoms with Crippen LogP contribution in [0.4, 0.5) is 0 Å². The molecule has 0 saturated carbocycles. The van der Waals surface area contributed by atoms with E-state index in [9.17, 15) is 0 Å². The Morgan fingerprint density at radius 3 is 2.07 bits per heavy atom. The van der Waals surface area contributed by atoms with E-state index in [4.69, 9.17) is 4.74 Å². The standard InChI is InChI=1S/C26H38N2O/c1-3-5-7-9-11-13-15-23-21-27-26(28-22-23)24-16-18-25(19-17-24)29-20-14-12-10-8-6-4-2/h14,16-22H,3-13,15H2,1-2H3/b20-14-. The number of nitrogens with zero attached hydrogens (tertiary/aromatic N) is 2. The molecule has 0 amide bonds. The fraction of sp³-hybridized carbons (Fsp3) is 0.538.